The molecule has 0 bridgehead atoms. The molecule has 0 fully saturated rings. The summed E-state index contributed by atoms with van der Waals surface area (Å²) in [6, 6.07) is 0.206. The molecule has 0 aromatic rings. The topological polar surface area (TPSA) is 69.6 Å². The highest BCUT2D eigenvalue weighted by Gasteiger charge is 2.09. The number of carboxylic acid groups (broad SMARTS) is 1. The Balaban J connectivity index is 3.64. The molecular weight excluding hydrogens is 172 g/mol. The van der Waals surface area contributed by atoms with Gasteiger partial charge in [-0.05, 0) is 21.0 Å². The maximum Gasteiger partial charge on any atom is 0.312 e. The van der Waals surface area contributed by atoms with Crippen molar-refractivity contribution in [3.63, 3.8) is 0 Å². The standard InChI is InChI=1S/C8H16N2O3/c1-6(10(2)3)5-9-7(11)4-8(12)13/h6H,4-5H2,1-3H3,(H,9,11)(H,12,13). The average Bonchev–Trinajstić information content (AvgIpc) is 1.98. The van der Waals surface area contributed by atoms with Crippen LogP contribution in [0, 0.1) is 0 Å². The third kappa shape index (κ3) is 6.10. The Labute approximate surface area is 77.7 Å². The molecule has 0 aromatic heterocycles. The lowest BCUT2D eigenvalue weighted by molar-refractivity contribution is -0.140. The van der Waals surface area contributed by atoms with E-state index in [1.54, 1.807) is 0 Å². The van der Waals surface area contributed by atoms with Crippen LogP contribution in [0.1, 0.15) is 13.3 Å². The Morgan fingerprint density at radius 2 is 2.00 bits per heavy atom. The molecule has 1 amide bonds. The normalized spacial score (nSPS) is 12.6. The van der Waals surface area contributed by atoms with E-state index in [9.17, 15) is 9.59 Å². The molecule has 1 atom stereocenters. The van der Waals surface area contributed by atoms with E-state index in [1.807, 2.05) is 25.9 Å². The summed E-state index contributed by atoms with van der Waals surface area (Å²) in [5.74, 6) is -1.55. The lowest BCUT2D eigenvalue weighted by Gasteiger charge is -2.19. The summed E-state index contributed by atoms with van der Waals surface area (Å²) in [6.45, 7) is 2.42. The summed E-state index contributed by atoms with van der Waals surface area (Å²) in [6.07, 6.45) is -0.458. The zero-order valence-corrected chi connectivity index (χ0v) is 8.20. The fourth-order valence-electron chi connectivity index (χ4n) is 0.644. The molecule has 0 aliphatic carbocycles. The number of likely N-dealkylation sites (N-methyl/N-ethyl adjacent to an activating group) is 1. The van der Waals surface area contributed by atoms with Crippen molar-refractivity contribution in [1.29, 1.82) is 0 Å². The monoisotopic (exact) mass is 188 g/mol. The van der Waals surface area contributed by atoms with E-state index < -0.39 is 18.3 Å². The van der Waals surface area contributed by atoms with Crippen molar-refractivity contribution in [1.82, 2.24) is 10.2 Å². The minimum absolute atomic E-state index is 0.206. The third-order valence-corrected chi connectivity index (χ3v) is 1.79. The van der Waals surface area contributed by atoms with Crippen molar-refractivity contribution in [2.45, 2.75) is 19.4 Å². The van der Waals surface area contributed by atoms with E-state index >= 15 is 0 Å². The Bertz CT molecular complexity index is 192. The van der Waals surface area contributed by atoms with Crippen molar-refractivity contribution in [2.24, 2.45) is 0 Å². The molecule has 0 radical (unpaired) electrons. The molecule has 5 heteroatoms. The van der Waals surface area contributed by atoms with Crippen LogP contribution in [0.15, 0.2) is 0 Å². The molecule has 0 aliphatic heterocycles. The second-order valence-electron chi connectivity index (χ2n) is 3.19. The van der Waals surface area contributed by atoms with Crippen LogP contribution in [0.5, 0.6) is 0 Å². The fourth-order valence-corrected chi connectivity index (χ4v) is 0.644. The second-order valence-corrected chi connectivity index (χ2v) is 3.19. The van der Waals surface area contributed by atoms with Gasteiger partial charge in [0.1, 0.15) is 6.42 Å². The number of carbonyl (C=O) groups is 2. The van der Waals surface area contributed by atoms with E-state index in [0.717, 1.165) is 0 Å². The van der Waals surface area contributed by atoms with Crippen LogP contribution in [0.25, 0.3) is 0 Å². The molecule has 0 saturated carbocycles. The predicted molar refractivity (Wildman–Crippen MR) is 48.4 cm³/mol. The lowest BCUT2D eigenvalue weighted by atomic mass is 10.3. The molecule has 0 spiro atoms. The number of carboxylic acids is 1. The van der Waals surface area contributed by atoms with Crippen LogP contribution in [-0.4, -0.2) is 48.6 Å². The molecule has 2 N–H and O–H groups in total. The van der Waals surface area contributed by atoms with Gasteiger partial charge in [0.2, 0.25) is 5.91 Å². The number of rotatable bonds is 5. The van der Waals surface area contributed by atoms with E-state index in [-0.39, 0.29) is 6.04 Å². The Morgan fingerprint density at radius 3 is 2.38 bits per heavy atom. The smallest absolute Gasteiger partial charge is 0.312 e. The maximum atomic E-state index is 10.9. The summed E-state index contributed by atoms with van der Waals surface area (Å²) in [5, 5.41) is 10.8. The van der Waals surface area contributed by atoms with E-state index in [4.69, 9.17) is 5.11 Å². The predicted octanol–water partition coefficient (Wildman–Crippen LogP) is -0.473. The van der Waals surface area contributed by atoms with Crippen molar-refractivity contribution >= 4 is 11.9 Å². The highest BCUT2D eigenvalue weighted by Crippen LogP contribution is 1.89. The Kier molecular flexibility index (Phi) is 5.06. The van der Waals surface area contributed by atoms with Crippen LogP contribution < -0.4 is 5.32 Å². The first-order valence-electron chi connectivity index (χ1n) is 4.08. The summed E-state index contributed by atoms with van der Waals surface area (Å²) in [4.78, 5) is 22.9. The van der Waals surface area contributed by atoms with Gasteiger partial charge in [-0.15, -0.1) is 0 Å². The fraction of sp³-hybridized carbons (Fsp3) is 0.750. The van der Waals surface area contributed by atoms with Crippen LogP contribution in [0.4, 0.5) is 0 Å². The van der Waals surface area contributed by atoms with Gasteiger partial charge >= 0.3 is 5.97 Å². The molecular formula is C8H16N2O3. The van der Waals surface area contributed by atoms with Gasteiger partial charge in [0.15, 0.2) is 0 Å². The molecule has 0 heterocycles. The summed E-state index contributed by atoms with van der Waals surface area (Å²) < 4.78 is 0. The number of carbonyl (C=O) groups excluding carboxylic acids is 1. The lowest BCUT2D eigenvalue weighted by Crippen LogP contribution is -2.38. The zero-order chi connectivity index (χ0) is 10.4. The first-order valence-corrected chi connectivity index (χ1v) is 4.08. The van der Waals surface area contributed by atoms with Crippen LogP contribution >= 0.6 is 0 Å². The first kappa shape index (κ1) is 11.9. The number of hydrogen-bond acceptors (Lipinski definition) is 3. The van der Waals surface area contributed by atoms with Gasteiger partial charge < -0.3 is 15.3 Å². The highest BCUT2D eigenvalue weighted by atomic mass is 16.4. The zero-order valence-electron chi connectivity index (χ0n) is 8.20. The molecule has 0 aliphatic rings. The molecule has 0 rings (SSSR count). The largest absolute Gasteiger partial charge is 0.481 e. The average molecular weight is 188 g/mol. The van der Waals surface area contributed by atoms with E-state index in [0.29, 0.717) is 6.54 Å². The van der Waals surface area contributed by atoms with Crippen molar-refractivity contribution in [3.05, 3.63) is 0 Å². The molecule has 1 unspecified atom stereocenters. The number of nitrogens with one attached hydrogen (secondary N) is 1. The Morgan fingerprint density at radius 1 is 1.46 bits per heavy atom. The SMILES string of the molecule is CC(CNC(=O)CC(=O)O)N(C)C. The van der Waals surface area contributed by atoms with Gasteiger partial charge in [-0.25, -0.2) is 0 Å². The number of aliphatic carboxylic acids is 1. The number of hydrogen-bond donors (Lipinski definition) is 2. The van der Waals surface area contributed by atoms with Gasteiger partial charge in [0.25, 0.3) is 0 Å². The molecule has 0 aromatic carbocycles. The van der Waals surface area contributed by atoms with Gasteiger partial charge in [0, 0.05) is 12.6 Å². The number of amides is 1. The number of nitrogens with zero attached hydrogens (tertiary/aromatic N) is 1. The molecule has 76 valence electrons. The van der Waals surface area contributed by atoms with Crippen molar-refractivity contribution < 1.29 is 14.7 Å². The maximum absolute atomic E-state index is 10.9. The third-order valence-electron chi connectivity index (χ3n) is 1.79. The van der Waals surface area contributed by atoms with Crippen LogP contribution in [-0.2, 0) is 9.59 Å². The van der Waals surface area contributed by atoms with Crippen LogP contribution in [0.3, 0.4) is 0 Å². The van der Waals surface area contributed by atoms with Gasteiger partial charge in [-0.1, -0.05) is 0 Å². The molecule has 0 saturated heterocycles. The minimum Gasteiger partial charge on any atom is -0.481 e. The van der Waals surface area contributed by atoms with E-state index in [1.165, 1.54) is 0 Å². The quantitative estimate of drug-likeness (QED) is 0.572. The highest BCUT2D eigenvalue weighted by molar-refractivity contribution is 5.93. The van der Waals surface area contributed by atoms with Crippen LogP contribution in [0.2, 0.25) is 0 Å². The summed E-state index contributed by atoms with van der Waals surface area (Å²) >= 11 is 0. The second kappa shape index (κ2) is 5.53. The minimum atomic E-state index is -1.10. The van der Waals surface area contributed by atoms with E-state index in [2.05, 4.69) is 5.32 Å². The molecule has 13 heavy (non-hydrogen) atoms. The summed E-state index contributed by atoms with van der Waals surface area (Å²) in [7, 11) is 3.79. The van der Waals surface area contributed by atoms with Crippen molar-refractivity contribution in [3.8, 4) is 0 Å². The molecule has 5 nitrogen and oxygen atoms in total. The Hall–Kier alpha value is -1.10. The summed E-state index contributed by atoms with van der Waals surface area (Å²) in [5.41, 5.74) is 0. The first-order chi connectivity index (χ1) is 5.93. The van der Waals surface area contributed by atoms with Gasteiger partial charge in [0.05, 0.1) is 0 Å². The van der Waals surface area contributed by atoms with Gasteiger partial charge in [-0.2, -0.15) is 0 Å². The van der Waals surface area contributed by atoms with Crippen molar-refractivity contribution in [2.75, 3.05) is 20.6 Å². The van der Waals surface area contributed by atoms with Gasteiger partial charge in [-0.3, -0.25) is 9.59 Å².